The van der Waals surface area contributed by atoms with E-state index in [0.29, 0.717) is 18.9 Å². The highest BCUT2D eigenvalue weighted by Gasteiger charge is 2.27. The molecule has 9 nitrogen and oxygen atoms in total. The molecular formula is C12H13FN2O7. The molecule has 0 aliphatic heterocycles. The SMILES string of the molecule is CCCCc1cc([N+](=O)[O-])cc([N+](=O)[O-])c1OC(=O)OCF. The molecule has 1 aromatic rings. The summed E-state index contributed by atoms with van der Waals surface area (Å²) in [5.74, 6) is -0.470. The molecule has 0 atom stereocenters. The minimum Gasteiger partial charge on any atom is -0.402 e. The Labute approximate surface area is 123 Å². The predicted molar refractivity (Wildman–Crippen MR) is 71.4 cm³/mol. The van der Waals surface area contributed by atoms with Crippen molar-refractivity contribution >= 4 is 17.5 Å². The minimum atomic E-state index is -1.46. The second kappa shape index (κ2) is 7.86. The van der Waals surface area contributed by atoms with Gasteiger partial charge in [0, 0.05) is 11.6 Å². The molecule has 22 heavy (non-hydrogen) atoms. The number of nitrogens with zero attached hydrogens (tertiary/aromatic N) is 2. The minimum absolute atomic E-state index is 0.110. The molecule has 0 bridgehead atoms. The number of halogens is 1. The quantitative estimate of drug-likeness (QED) is 0.327. The average Bonchev–Trinajstić information content (AvgIpc) is 2.45. The molecule has 0 fully saturated rings. The first-order valence-corrected chi connectivity index (χ1v) is 6.27. The van der Waals surface area contributed by atoms with Crippen LogP contribution in [0.5, 0.6) is 5.75 Å². The number of hydrogen-bond acceptors (Lipinski definition) is 7. The lowest BCUT2D eigenvalue weighted by Gasteiger charge is -2.09. The van der Waals surface area contributed by atoms with E-state index in [0.717, 1.165) is 6.07 Å². The van der Waals surface area contributed by atoms with Crippen molar-refractivity contribution in [1.82, 2.24) is 0 Å². The lowest BCUT2D eigenvalue weighted by atomic mass is 10.1. The van der Waals surface area contributed by atoms with E-state index in [2.05, 4.69) is 9.47 Å². The Bertz CT molecular complexity index is 591. The molecule has 0 aliphatic carbocycles. The zero-order chi connectivity index (χ0) is 16.7. The second-order valence-electron chi connectivity index (χ2n) is 4.18. The number of nitro benzene ring substituents is 2. The number of aryl methyl sites for hydroxylation is 1. The molecule has 0 aliphatic rings. The van der Waals surface area contributed by atoms with Gasteiger partial charge < -0.3 is 9.47 Å². The van der Waals surface area contributed by atoms with E-state index in [1.54, 1.807) is 0 Å². The molecule has 1 aromatic carbocycles. The van der Waals surface area contributed by atoms with Gasteiger partial charge in [0.15, 0.2) is 0 Å². The molecule has 0 saturated heterocycles. The van der Waals surface area contributed by atoms with E-state index in [-0.39, 0.29) is 12.0 Å². The number of alkyl halides is 1. The van der Waals surface area contributed by atoms with Gasteiger partial charge in [-0.05, 0) is 12.8 Å². The largest absolute Gasteiger partial charge is 0.516 e. The number of nitro groups is 2. The molecular weight excluding hydrogens is 303 g/mol. The Hall–Kier alpha value is -2.78. The second-order valence-corrected chi connectivity index (χ2v) is 4.18. The molecule has 0 amide bonds. The van der Waals surface area contributed by atoms with E-state index in [9.17, 15) is 29.4 Å². The number of ether oxygens (including phenoxy) is 2. The molecule has 1 rings (SSSR count). The van der Waals surface area contributed by atoms with Crippen LogP contribution in [0.1, 0.15) is 25.3 Å². The summed E-state index contributed by atoms with van der Waals surface area (Å²) in [5, 5.41) is 21.9. The summed E-state index contributed by atoms with van der Waals surface area (Å²) in [7, 11) is 0. The van der Waals surface area contributed by atoms with Crippen LogP contribution in [-0.2, 0) is 11.2 Å². The molecule has 0 unspecified atom stereocenters. The third kappa shape index (κ3) is 4.36. The first-order valence-electron chi connectivity index (χ1n) is 6.27. The van der Waals surface area contributed by atoms with Crippen LogP contribution in [-0.4, -0.2) is 22.9 Å². The van der Waals surface area contributed by atoms with Crippen LogP contribution in [0.25, 0.3) is 0 Å². The highest BCUT2D eigenvalue weighted by molar-refractivity contribution is 5.69. The molecule has 0 spiro atoms. The van der Waals surface area contributed by atoms with Crippen molar-refractivity contribution < 1.29 is 28.5 Å². The smallest absolute Gasteiger partial charge is 0.402 e. The number of carbonyl (C=O) groups is 1. The monoisotopic (exact) mass is 316 g/mol. The summed E-state index contributed by atoms with van der Waals surface area (Å²) in [4.78, 5) is 31.4. The molecule has 0 aromatic heterocycles. The highest BCUT2D eigenvalue weighted by Crippen LogP contribution is 2.36. The summed E-state index contributed by atoms with van der Waals surface area (Å²) >= 11 is 0. The van der Waals surface area contributed by atoms with Crippen molar-refractivity contribution in [2.24, 2.45) is 0 Å². The van der Waals surface area contributed by atoms with Crippen molar-refractivity contribution in [1.29, 1.82) is 0 Å². The summed E-state index contributed by atoms with van der Waals surface area (Å²) < 4.78 is 20.5. The molecule has 0 N–H and O–H groups in total. The molecule has 0 radical (unpaired) electrons. The van der Waals surface area contributed by atoms with Gasteiger partial charge in [0.25, 0.3) is 5.69 Å². The summed E-state index contributed by atoms with van der Waals surface area (Å²) in [5.41, 5.74) is -1.14. The van der Waals surface area contributed by atoms with Gasteiger partial charge in [-0.25, -0.2) is 9.18 Å². The van der Waals surface area contributed by atoms with E-state index in [1.807, 2.05) is 6.92 Å². The van der Waals surface area contributed by atoms with Crippen LogP contribution in [0.15, 0.2) is 12.1 Å². The lowest BCUT2D eigenvalue weighted by molar-refractivity contribution is -0.394. The molecule has 0 saturated carbocycles. The summed E-state index contributed by atoms with van der Waals surface area (Å²) in [6.45, 7) is 0.396. The van der Waals surface area contributed by atoms with Gasteiger partial charge in [-0.3, -0.25) is 20.2 Å². The number of hydrogen-bond donors (Lipinski definition) is 0. The van der Waals surface area contributed by atoms with E-state index in [1.165, 1.54) is 0 Å². The normalized spacial score (nSPS) is 10.1. The maximum atomic E-state index is 11.9. The Kier molecular flexibility index (Phi) is 6.17. The first-order chi connectivity index (χ1) is 10.4. The Balaban J connectivity index is 3.36. The van der Waals surface area contributed by atoms with Gasteiger partial charge in [0.05, 0.1) is 15.9 Å². The molecule has 0 heterocycles. The molecule has 10 heteroatoms. The van der Waals surface area contributed by atoms with Crippen LogP contribution in [0, 0.1) is 20.2 Å². The van der Waals surface area contributed by atoms with Crippen molar-refractivity contribution in [3.8, 4) is 5.75 Å². The van der Waals surface area contributed by atoms with Crippen molar-refractivity contribution in [2.75, 3.05) is 6.86 Å². The Morgan fingerprint density at radius 2 is 1.95 bits per heavy atom. The van der Waals surface area contributed by atoms with Crippen LogP contribution in [0.2, 0.25) is 0 Å². The van der Waals surface area contributed by atoms with Crippen LogP contribution in [0.4, 0.5) is 20.6 Å². The number of non-ortho nitro benzene ring substituents is 1. The standard InChI is InChI=1S/C12H13FN2O7/c1-2-3-4-8-5-9(14(17)18)6-10(15(19)20)11(8)22-12(16)21-7-13/h5-6H,2-4,7H2,1H3. The van der Waals surface area contributed by atoms with Gasteiger partial charge in [-0.15, -0.1) is 0 Å². The van der Waals surface area contributed by atoms with E-state index >= 15 is 0 Å². The number of rotatable bonds is 7. The van der Waals surface area contributed by atoms with Crippen LogP contribution in [0.3, 0.4) is 0 Å². The van der Waals surface area contributed by atoms with Gasteiger partial charge in [-0.1, -0.05) is 13.3 Å². The number of benzene rings is 1. The van der Waals surface area contributed by atoms with Crippen molar-refractivity contribution in [3.05, 3.63) is 37.9 Å². The van der Waals surface area contributed by atoms with Gasteiger partial charge >= 0.3 is 11.8 Å². The van der Waals surface area contributed by atoms with E-state index in [4.69, 9.17) is 0 Å². The Morgan fingerprint density at radius 3 is 2.45 bits per heavy atom. The lowest BCUT2D eigenvalue weighted by Crippen LogP contribution is -2.13. The summed E-state index contributed by atoms with van der Waals surface area (Å²) in [6, 6.07) is 1.76. The zero-order valence-electron chi connectivity index (χ0n) is 11.6. The van der Waals surface area contributed by atoms with Gasteiger partial charge in [-0.2, -0.15) is 0 Å². The van der Waals surface area contributed by atoms with E-state index < -0.39 is 40.0 Å². The third-order valence-electron chi connectivity index (χ3n) is 2.70. The third-order valence-corrected chi connectivity index (χ3v) is 2.70. The van der Waals surface area contributed by atoms with Crippen LogP contribution >= 0.6 is 0 Å². The van der Waals surface area contributed by atoms with Gasteiger partial charge in [0.1, 0.15) is 0 Å². The van der Waals surface area contributed by atoms with Gasteiger partial charge in [0.2, 0.25) is 12.6 Å². The zero-order valence-corrected chi connectivity index (χ0v) is 11.6. The molecule has 120 valence electrons. The maximum absolute atomic E-state index is 11.9. The van der Waals surface area contributed by atoms with Crippen molar-refractivity contribution in [3.63, 3.8) is 0 Å². The fourth-order valence-electron chi connectivity index (χ4n) is 1.72. The highest BCUT2D eigenvalue weighted by atomic mass is 19.1. The maximum Gasteiger partial charge on any atom is 0.516 e. The average molecular weight is 316 g/mol. The fraction of sp³-hybridized carbons (Fsp3) is 0.417. The topological polar surface area (TPSA) is 122 Å². The number of unbranched alkanes of at least 4 members (excludes halogenated alkanes) is 1. The Morgan fingerprint density at radius 1 is 1.27 bits per heavy atom. The predicted octanol–water partition coefficient (Wildman–Crippen LogP) is 3.29. The van der Waals surface area contributed by atoms with Crippen LogP contribution < -0.4 is 4.74 Å². The fourth-order valence-corrected chi connectivity index (χ4v) is 1.72. The number of carbonyl (C=O) groups excluding carboxylic acids is 1. The van der Waals surface area contributed by atoms with Crippen molar-refractivity contribution in [2.45, 2.75) is 26.2 Å². The first kappa shape index (κ1) is 17.3. The summed E-state index contributed by atoms with van der Waals surface area (Å²) in [6.07, 6.45) is 0.0341.